The zero-order valence-electron chi connectivity index (χ0n) is 27.6. The lowest BCUT2D eigenvalue weighted by Crippen LogP contribution is -2.63. The fourth-order valence-electron chi connectivity index (χ4n) is 10.6. The van der Waals surface area contributed by atoms with Crippen LogP contribution >= 0.6 is 12.6 Å². The van der Waals surface area contributed by atoms with E-state index in [0.717, 1.165) is 18.3 Å². The number of rotatable bonds is 7. The molecule has 3 fully saturated rings. The molecule has 226 valence electrons. The number of fused-ring (bicyclic) bond motifs is 3. The third-order valence-corrected chi connectivity index (χ3v) is 14.8. The summed E-state index contributed by atoms with van der Waals surface area (Å²) in [6.07, 6.45) is 20.7. The molecule has 0 aromatic heterocycles. The van der Waals surface area contributed by atoms with E-state index in [1.165, 1.54) is 50.5 Å². The number of hydrogen-bond acceptors (Lipinski definition) is 3. The van der Waals surface area contributed by atoms with Crippen molar-refractivity contribution in [3.05, 3.63) is 35.5 Å². The molecule has 0 amide bonds. The first-order chi connectivity index (χ1) is 18.5. The highest BCUT2D eigenvalue weighted by molar-refractivity contribution is 7.82. The van der Waals surface area contributed by atoms with Crippen LogP contribution in [0.15, 0.2) is 35.5 Å². The second-order valence-electron chi connectivity index (χ2n) is 16.8. The summed E-state index contributed by atoms with van der Waals surface area (Å²) in [5.41, 5.74) is 10.7. The van der Waals surface area contributed by atoms with Crippen LogP contribution in [0.25, 0.3) is 0 Å². The largest absolute Gasteiger partial charge is 0.371 e. The Labute approximate surface area is 252 Å². The second-order valence-corrected chi connectivity index (χ2v) is 17.8. The van der Waals surface area contributed by atoms with Crippen molar-refractivity contribution in [2.75, 3.05) is 6.61 Å². The predicted molar refractivity (Wildman–Crippen MR) is 175 cm³/mol. The summed E-state index contributed by atoms with van der Waals surface area (Å²) in [5, 5.41) is 0. The Kier molecular flexibility index (Phi) is 7.75. The molecule has 2 N–H and O–H groups in total. The first-order valence-corrected chi connectivity index (χ1v) is 17.1. The Balaban J connectivity index is 1.44. The first-order valence-electron chi connectivity index (χ1n) is 16.7. The van der Waals surface area contributed by atoms with E-state index in [9.17, 15) is 0 Å². The number of hydrogen-bond donors (Lipinski definition) is 2. The Hall–Kier alpha value is -0.510. The smallest absolute Gasteiger partial charge is 0.0845 e. The SMILES string of the molecule is C/C=C1/C[C@@](C)(C2CCC3C(=CC[C@]45C=CC[C@]([C@H](C)C(C)C)(CCC34C)C5)[C@@]2(C)S)C1OC[C@](C)(N)C(C)C. The third kappa shape index (κ3) is 4.32. The summed E-state index contributed by atoms with van der Waals surface area (Å²) >= 11 is 5.65. The van der Waals surface area contributed by atoms with Gasteiger partial charge in [0.25, 0.3) is 0 Å². The molecule has 2 nitrogen and oxygen atoms in total. The summed E-state index contributed by atoms with van der Waals surface area (Å²) in [6, 6.07) is 0. The van der Waals surface area contributed by atoms with Crippen LogP contribution in [0.2, 0.25) is 0 Å². The van der Waals surface area contributed by atoms with E-state index in [1.807, 2.05) is 0 Å². The second kappa shape index (κ2) is 10.0. The molecule has 5 aliphatic rings. The minimum absolute atomic E-state index is 0.0897. The molecule has 0 aromatic rings. The van der Waals surface area contributed by atoms with Crippen LogP contribution in [-0.4, -0.2) is 23.0 Å². The number of allylic oxidation sites excluding steroid dienone is 4. The van der Waals surface area contributed by atoms with Gasteiger partial charge in [-0.25, -0.2) is 0 Å². The molecule has 4 unspecified atom stereocenters. The fraction of sp³-hybridized carbons (Fsp3) is 0.838. The lowest BCUT2D eigenvalue weighted by atomic mass is 9.37. The maximum absolute atomic E-state index is 6.76. The van der Waals surface area contributed by atoms with E-state index in [2.05, 4.69) is 93.5 Å². The van der Waals surface area contributed by atoms with Gasteiger partial charge in [-0.15, -0.1) is 0 Å². The van der Waals surface area contributed by atoms with Gasteiger partial charge < -0.3 is 10.5 Å². The van der Waals surface area contributed by atoms with E-state index >= 15 is 0 Å². The van der Waals surface area contributed by atoms with Crippen molar-refractivity contribution in [3.8, 4) is 0 Å². The molecule has 2 bridgehead atoms. The Morgan fingerprint density at radius 2 is 1.80 bits per heavy atom. The molecule has 40 heavy (non-hydrogen) atoms. The third-order valence-electron chi connectivity index (χ3n) is 14.3. The zero-order valence-corrected chi connectivity index (χ0v) is 28.5. The van der Waals surface area contributed by atoms with Crippen LogP contribution in [0.5, 0.6) is 0 Å². The monoisotopic (exact) mass is 567 g/mol. The van der Waals surface area contributed by atoms with Crippen LogP contribution in [0.4, 0.5) is 0 Å². The first kappa shape index (κ1) is 30.9. The van der Waals surface area contributed by atoms with Gasteiger partial charge in [0.15, 0.2) is 0 Å². The minimum atomic E-state index is -0.317. The van der Waals surface area contributed by atoms with E-state index in [4.69, 9.17) is 23.1 Å². The van der Waals surface area contributed by atoms with Crippen molar-refractivity contribution < 1.29 is 4.74 Å². The van der Waals surface area contributed by atoms with Gasteiger partial charge in [0, 0.05) is 15.7 Å². The molecule has 0 radical (unpaired) electrons. The molecule has 0 aromatic carbocycles. The van der Waals surface area contributed by atoms with E-state index in [1.54, 1.807) is 5.57 Å². The van der Waals surface area contributed by atoms with Gasteiger partial charge in [-0.3, -0.25) is 0 Å². The fourth-order valence-corrected chi connectivity index (χ4v) is 11.3. The lowest BCUT2D eigenvalue weighted by Gasteiger charge is -2.68. The number of nitrogens with two attached hydrogens (primary N) is 1. The van der Waals surface area contributed by atoms with Gasteiger partial charge in [0.1, 0.15) is 0 Å². The van der Waals surface area contributed by atoms with Crippen LogP contribution in [0, 0.1) is 51.2 Å². The van der Waals surface area contributed by atoms with Gasteiger partial charge >= 0.3 is 0 Å². The Morgan fingerprint density at radius 1 is 1.10 bits per heavy atom. The van der Waals surface area contributed by atoms with Gasteiger partial charge in [-0.2, -0.15) is 12.6 Å². The molecule has 5 rings (SSSR count). The van der Waals surface area contributed by atoms with E-state index in [-0.39, 0.29) is 21.8 Å². The van der Waals surface area contributed by atoms with Crippen LogP contribution in [0.3, 0.4) is 0 Å². The summed E-state index contributed by atoms with van der Waals surface area (Å²) < 4.78 is 6.64. The normalized spacial score (nSPS) is 47.8. The highest BCUT2D eigenvalue weighted by Crippen LogP contribution is 2.73. The van der Waals surface area contributed by atoms with Crippen molar-refractivity contribution >= 4 is 12.6 Å². The standard InChI is InChI=1S/C37H61NOS/c1-11-27-21-32(7,31(27)39-23-34(9,38)25(4)5)30-14-13-28-29(35(30,10)40)15-18-37-17-12-16-36(22-37,26(6)24(2)3)20-19-33(28,37)8/h11-12,15,17,24-26,28,30-31,40H,13-14,16,18-23,38H2,1-10H3/b27-11-/t26-,28?,30?,31?,32+,33?,34+,35-,36+,37+/m1/s1. The molecule has 3 saturated carbocycles. The van der Waals surface area contributed by atoms with Crippen molar-refractivity contribution in [3.63, 3.8) is 0 Å². The topological polar surface area (TPSA) is 35.2 Å². The van der Waals surface area contributed by atoms with Crippen molar-refractivity contribution in [2.24, 2.45) is 57.0 Å². The number of thiol groups is 1. The zero-order chi connectivity index (χ0) is 29.5. The molecule has 10 atom stereocenters. The van der Waals surface area contributed by atoms with Crippen LogP contribution in [0.1, 0.15) is 121 Å². The van der Waals surface area contributed by atoms with Gasteiger partial charge in [0.05, 0.1) is 12.7 Å². The Morgan fingerprint density at radius 3 is 2.42 bits per heavy atom. The van der Waals surface area contributed by atoms with Gasteiger partial charge in [-0.05, 0) is 124 Å². The molecule has 0 heterocycles. The maximum atomic E-state index is 6.76. The lowest BCUT2D eigenvalue weighted by molar-refractivity contribution is -0.130. The van der Waals surface area contributed by atoms with Crippen molar-refractivity contribution in [1.82, 2.24) is 0 Å². The minimum Gasteiger partial charge on any atom is -0.371 e. The van der Waals surface area contributed by atoms with Gasteiger partial charge in [-0.1, -0.05) is 78.3 Å². The maximum Gasteiger partial charge on any atom is 0.0845 e. The van der Waals surface area contributed by atoms with Crippen molar-refractivity contribution in [2.45, 2.75) is 137 Å². The highest BCUT2D eigenvalue weighted by atomic mass is 32.1. The predicted octanol–water partition coefficient (Wildman–Crippen LogP) is 9.56. The van der Waals surface area contributed by atoms with Crippen molar-refractivity contribution in [1.29, 1.82) is 0 Å². The molecule has 5 aliphatic carbocycles. The summed E-state index contributed by atoms with van der Waals surface area (Å²) in [6.45, 7) is 24.4. The number of ether oxygens (including phenoxy) is 1. The Bertz CT molecular complexity index is 1080. The molecular formula is C37H61NOS. The average Bonchev–Trinajstić information content (AvgIpc) is 2.87. The highest BCUT2D eigenvalue weighted by Gasteiger charge is 2.66. The summed E-state index contributed by atoms with van der Waals surface area (Å²) in [7, 11) is 0. The average molecular weight is 568 g/mol. The summed E-state index contributed by atoms with van der Waals surface area (Å²) in [4.78, 5) is 0. The molecule has 0 saturated heterocycles. The summed E-state index contributed by atoms with van der Waals surface area (Å²) in [5.74, 6) is 3.03. The quantitative estimate of drug-likeness (QED) is 0.237. The molecular weight excluding hydrogens is 506 g/mol. The molecule has 3 heteroatoms. The molecule has 1 spiro atoms. The van der Waals surface area contributed by atoms with E-state index in [0.29, 0.717) is 40.6 Å². The van der Waals surface area contributed by atoms with Gasteiger partial charge in [0.2, 0.25) is 0 Å². The van der Waals surface area contributed by atoms with Crippen LogP contribution < -0.4 is 5.73 Å². The van der Waals surface area contributed by atoms with E-state index < -0.39 is 0 Å². The van der Waals surface area contributed by atoms with Crippen LogP contribution in [-0.2, 0) is 4.74 Å². The molecule has 0 aliphatic heterocycles.